The molecule has 6 heteroatoms. The van der Waals surface area contributed by atoms with Crippen molar-refractivity contribution in [3.63, 3.8) is 0 Å². The molecule has 0 aromatic carbocycles. The summed E-state index contributed by atoms with van der Waals surface area (Å²) in [5.74, 6) is -0.584. The Balaban J connectivity index is 2.31. The molecule has 1 saturated heterocycles. The summed E-state index contributed by atoms with van der Waals surface area (Å²) in [6, 6.07) is 0. The lowest BCUT2D eigenvalue weighted by Gasteiger charge is -2.19. The maximum absolute atomic E-state index is 12.0. The number of carbonyl (C=O) groups is 3. The lowest BCUT2D eigenvalue weighted by molar-refractivity contribution is -0.145. The quantitative estimate of drug-likeness (QED) is 0.765. The van der Waals surface area contributed by atoms with E-state index in [-0.39, 0.29) is 30.1 Å². The molecule has 0 bridgehead atoms. The fourth-order valence-corrected chi connectivity index (χ4v) is 2.05. The Labute approximate surface area is 119 Å². The highest BCUT2D eigenvalue weighted by molar-refractivity contribution is 5.83. The van der Waals surface area contributed by atoms with E-state index in [0.717, 1.165) is 0 Å². The summed E-state index contributed by atoms with van der Waals surface area (Å²) >= 11 is 0. The Hall–Kier alpha value is -1.59. The molecule has 114 valence electrons. The zero-order chi connectivity index (χ0) is 15.3. The third kappa shape index (κ3) is 4.51. The van der Waals surface area contributed by atoms with Crippen LogP contribution in [0.3, 0.4) is 0 Å². The second-order valence-electron chi connectivity index (χ2n) is 6.10. The van der Waals surface area contributed by atoms with E-state index in [0.29, 0.717) is 26.1 Å². The van der Waals surface area contributed by atoms with Crippen LogP contribution in [0.1, 0.15) is 33.6 Å². The van der Waals surface area contributed by atoms with Gasteiger partial charge in [-0.05, 0) is 6.42 Å². The van der Waals surface area contributed by atoms with E-state index in [1.165, 1.54) is 7.11 Å². The first-order chi connectivity index (χ1) is 9.25. The molecule has 1 fully saturated rings. The largest absolute Gasteiger partial charge is 0.469 e. The summed E-state index contributed by atoms with van der Waals surface area (Å²) in [5.41, 5.74) is -0.452. The normalized spacial score (nSPS) is 18.8. The van der Waals surface area contributed by atoms with Crippen molar-refractivity contribution < 1.29 is 19.1 Å². The number of esters is 1. The van der Waals surface area contributed by atoms with Crippen LogP contribution in [0.2, 0.25) is 0 Å². The molecule has 1 N–H and O–H groups in total. The van der Waals surface area contributed by atoms with Crippen LogP contribution in [0.5, 0.6) is 0 Å². The molecule has 0 spiro atoms. The SMILES string of the molecule is COC(=O)C1CCN(C(=O)CCNC(=O)C(C)(C)C)C1. The predicted molar refractivity (Wildman–Crippen MR) is 73.8 cm³/mol. The summed E-state index contributed by atoms with van der Waals surface area (Å²) < 4.78 is 4.68. The van der Waals surface area contributed by atoms with Gasteiger partial charge in [-0.3, -0.25) is 14.4 Å². The van der Waals surface area contributed by atoms with Gasteiger partial charge in [0.25, 0.3) is 0 Å². The Bertz CT molecular complexity index is 387. The maximum atomic E-state index is 12.0. The lowest BCUT2D eigenvalue weighted by atomic mass is 9.96. The molecule has 1 atom stereocenters. The molecule has 0 saturated carbocycles. The van der Waals surface area contributed by atoms with Crippen LogP contribution in [0.15, 0.2) is 0 Å². The zero-order valence-corrected chi connectivity index (χ0v) is 12.7. The molecule has 1 rings (SSSR count). The van der Waals surface area contributed by atoms with Crippen molar-refractivity contribution in [2.75, 3.05) is 26.7 Å². The van der Waals surface area contributed by atoms with E-state index in [1.807, 2.05) is 20.8 Å². The molecule has 1 heterocycles. The summed E-state index contributed by atoms with van der Waals surface area (Å²) in [4.78, 5) is 36.6. The Morgan fingerprint density at radius 1 is 1.30 bits per heavy atom. The third-order valence-electron chi connectivity index (χ3n) is 3.38. The van der Waals surface area contributed by atoms with Crippen LogP contribution >= 0.6 is 0 Å². The van der Waals surface area contributed by atoms with Gasteiger partial charge in [0.05, 0.1) is 13.0 Å². The number of rotatable bonds is 4. The minimum Gasteiger partial charge on any atom is -0.469 e. The number of amides is 2. The van der Waals surface area contributed by atoms with Crippen molar-refractivity contribution in [1.29, 1.82) is 0 Å². The standard InChI is InChI=1S/C14H24N2O4/c1-14(2,3)13(19)15-7-5-11(17)16-8-6-10(9-16)12(18)20-4/h10H,5-9H2,1-4H3,(H,15,19). The molecule has 0 aromatic rings. The van der Waals surface area contributed by atoms with Crippen LogP contribution in [-0.4, -0.2) is 49.4 Å². The number of carbonyl (C=O) groups excluding carboxylic acids is 3. The van der Waals surface area contributed by atoms with E-state index < -0.39 is 5.41 Å². The van der Waals surface area contributed by atoms with Gasteiger partial charge in [0.1, 0.15) is 0 Å². The molecule has 20 heavy (non-hydrogen) atoms. The fourth-order valence-electron chi connectivity index (χ4n) is 2.05. The molecule has 1 unspecified atom stereocenters. The first-order valence-electron chi connectivity index (χ1n) is 6.89. The average molecular weight is 284 g/mol. The molecule has 0 aliphatic carbocycles. The lowest BCUT2D eigenvalue weighted by Crippen LogP contribution is -2.38. The van der Waals surface area contributed by atoms with Gasteiger partial charge in [0, 0.05) is 31.5 Å². The van der Waals surface area contributed by atoms with E-state index in [2.05, 4.69) is 10.1 Å². The topological polar surface area (TPSA) is 75.7 Å². The van der Waals surface area contributed by atoms with Gasteiger partial charge in [-0.25, -0.2) is 0 Å². The van der Waals surface area contributed by atoms with Gasteiger partial charge in [-0.1, -0.05) is 20.8 Å². The van der Waals surface area contributed by atoms with E-state index in [9.17, 15) is 14.4 Å². The van der Waals surface area contributed by atoms with Gasteiger partial charge in [0.15, 0.2) is 0 Å². The number of methoxy groups -OCH3 is 1. The second kappa shape index (κ2) is 6.72. The average Bonchev–Trinajstić information content (AvgIpc) is 2.86. The van der Waals surface area contributed by atoms with E-state index in [1.54, 1.807) is 4.90 Å². The highest BCUT2D eigenvalue weighted by atomic mass is 16.5. The number of likely N-dealkylation sites (tertiary alicyclic amines) is 1. The van der Waals surface area contributed by atoms with Crippen molar-refractivity contribution in [1.82, 2.24) is 10.2 Å². The van der Waals surface area contributed by atoms with Crippen molar-refractivity contribution in [2.24, 2.45) is 11.3 Å². The van der Waals surface area contributed by atoms with Crippen molar-refractivity contribution in [2.45, 2.75) is 33.6 Å². The maximum Gasteiger partial charge on any atom is 0.310 e. The van der Waals surface area contributed by atoms with Gasteiger partial charge in [0.2, 0.25) is 11.8 Å². The summed E-state index contributed by atoms with van der Waals surface area (Å²) in [6.45, 7) is 6.79. The number of nitrogens with one attached hydrogen (secondary N) is 1. The molecule has 6 nitrogen and oxygen atoms in total. The van der Waals surface area contributed by atoms with Gasteiger partial charge < -0.3 is 15.0 Å². The van der Waals surface area contributed by atoms with Crippen LogP contribution in [0.25, 0.3) is 0 Å². The Kier molecular flexibility index (Phi) is 5.53. The number of nitrogens with zero attached hydrogens (tertiary/aromatic N) is 1. The number of hydrogen-bond donors (Lipinski definition) is 1. The van der Waals surface area contributed by atoms with Crippen molar-refractivity contribution >= 4 is 17.8 Å². The van der Waals surface area contributed by atoms with Crippen LogP contribution in [0.4, 0.5) is 0 Å². The smallest absolute Gasteiger partial charge is 0.310 e. The summed E-state index contributed by atoms with van der Waals surface area (Å²) in [7, 11) is 1.36. The van der Waals surface area contributed by atoms with E-state index in [4.69, 9.17) is 0 Å². The second-order valence-corrected chi connectivity index (χ2v) is 6.10. The minimum atomic E-state index is -0.452. The molecule has 2 amide bonds. The third-order valence-corrected chi connectivity index (χ3v) is 3.38. The van der Waals surface area contributed by atoms with Gasteiger partial charge in [-0.15, -0.1) is 0 Å². The Morgan fingerprint density at radius 3 is 2.50 bits per heavy atom. The van der Waals surface area contributed by atoms with Crippen LogP contribution in [-0.2, 0) is 19.1 Å². The summed E-state index contributed by atoms with van der Waals surface area (Å²) in [5, 5.41) is 2.74. The number of hydrogen-bond acceptors (Lipinski definition) is 4. The van der Waals surface area contributed by atoms with E-state index >= 15 is 0 Å². The fraction of sp³-hybridized carbons (Fsp3) is 0.786. The van der Waals surface area contributed by atoms with Crippen LogP contribution < -0.4 is 5.32 Å². The Morgan fingerprint density at radius 2 is 1.95 bits per heavy atom. The summed E-state index contributed by atoms with van der Waals surface area (Å²) in [6.07, 6.45) is 0.905. The predicted octanol–water partition coefficient (Wildman–Crippen LogP) is 0.560. The monoisotopic (exact) mass is 284 g/mol. The minimum absolute atomic E-state index is 0.0365. The molecular weight excluding hydrogens is 260 g/mol. The molecule has 1 aliphatic rings. The zero-order valence-electron chi connectivity index (χ0n) is 12.7. The first-order valence-corrected chi connectivity index (χ1v) is 6.89. The highest BCUT2D eigenvalue weighted by Crippen LogP contribution is 2.18. The number of ether oxygens (including phenoxy) is 1. The highest BCUT2D eigenvalue weighted by Gasteiger charge is 2.31. The van der Waals surface area contributed by atoms with Crippen molar-refractivity contribution in [3.8, 4) is 0 Å². The first kappa shape index (κ1) is 16.5. The van der Waals surface area contributed by atoms with Gasteiger partial charge in [-0.2, -0.15) is 0 Å². The molecule has 0 radical (unpaired) electrons. The molecular formula is C14H24N2O4. The molecule has 0 aromatic heterocycles. The molecule has 1 aliphatic heterocycles. The van der Waals surface area contributed by atoms with Crippen molar-refractivity contribution in [3.05, 3.63) is 0 Å². The van der Waals surface area contributed by atoms with Crippen LogP contribution in [0, 0.1) is 11.3 Å². The van der Waals surface area contributed by atoms with Gasteiger partial charge >= 0.3 is 5.97 Å².